The summed E-state index contributed by atoms with van der Waals surface area (Å²) in [5.41, 5.74) is 2.63. The summed E-state index contributed by atoms with van der Waals surface area (Å²) in [5, 5.41) is 7.90. The minimum atomic E-state index is -0.526. The predicted molar refractivity (Wildman–Crippen MR) is 125 cm³/mol. The van der Waals surface area contributed by atoms with Gasteiger partial charge in [-0.05, 0) is 61.0 Å². The smallest absolute Gasteiger partial charge is 0.258 e. The maximum Gasteiger partial charge on any atom is 0.258 e. The highest BCUT2D eigenvalue weighted by Crippen LogP contribution is 2.38. The van der Waals surface area contributed by atoms with Gasteiger partial charge in [-0.3, -0.25) is 0 Å². The van der Waals surface area contributed by atoms with Gasteiger partial charge in [-0.15, -0.1) is 0 Å². The molecule has 0 amide bonds. The van der Waals surface area contributed by atoms with Gasteiger partial charge in [-0.1, -0.05) is 31.1 Å². The number of thiocarbonyl (C=S) groups is 1. The molecule has 0 bridgehead atoms. The molecule has 4 rings (SSSR count). The van der Waals surface area contributed by atoms with Crippen molar-refractivity contribution in [3.63, 3.8) is 0 Å². The van der Waals surface area contributed by atoms with Crippen LogP contribution in [0.1, 0.15) is 38.3 Å². The van der Waals surface area contributed by atoms with Gasteiger partial charge >= 0.3 is 0 Å². The molecule has 0 spiro atoms. The van der Waals surface area contributed by atoms with Crippen LogP contribution in [0.15, 0.2) is 52.7 Å². The maximum absolute atomic E-state index is 14.2. The van der Waals surface area contributed by atoms with Crippen LogP contribution in [-0.4, -0.2) is 33.8 Å². The lowest BCUT2D eigenvalue weighted by Crippen LogP contribution is -2.47. The molecule has 1 atom stereocenters. The largest absolute Gasteiger partial charge is 0.494 e. The minimum absolute atomic E-state index is 0.126. The van der Waals surface area contributed by atoms with Gasteiger partial charge in [0.2, 0.25) is 5.82 Å². The Morgan fingerprint density at radius 3 is 2.67 bits per heavy atom. The van der Waals surface area contributed by atoms with Crippen LogP contribution in [0.5, 0.6) is 5.75 Å². The van der Waals surface area contributed by atoms with Crippen LogP contribution in [0.2, 0.25) is 0 Å². The number of nitrogens with zero attached hydrogens (tertiary/aromatic N) is 3. The van der Waals surface area contributed by atoms with Crippen molar-refractivity contribution in [2.45, 2.75) is 26.8 Å². The van der Waals surface area contributed by atoms with Crippen LogP contribution in [0.25, 0.3) is 17.0 Å². The van der Waals surface area contributed by atoms with Crippen LogP contribution >= 0.6 is 12.2 Å². The molecule has 0 aliphatic carbocycles. The van der Waals surface area contributed by atoms with Crippen molar-refractivity contribution in [3.05, 3.63) is 71.3 Å². The summed E-state index contributed by atoms with van der Waals surface area (Å²) in [7, 11) is 1.40. The molecular formula is C24H24F2N4O2S. The molecule has 2 heterocycles. The van der Waals surface area contributed by atoms with Crippen molar-refractivity contribution in [1.29, 1.82) is 0 Å². The summed E-state index contributed by atoms with van der Waals surface area (Å²) in [6.07, 6.45) is 0. The first-order valence-electron chi connectivity index (χ1n) is 10.5. The second kappa shape index (κ2) is 9.27. The van der Waals surface area contributed by atoms with Gasteiger partial charge in [0, 0.05) is 17.8 Å². The summed E-state index contributed by atoms with van der Waals surface area (Å²) in [6.45, 7) is 6.80. The van der Waals surface area contributed by atoms with Gasteiger partial charge in [0.25, 0.3) is 5.89 Å². The van der Waals surface area contributed by atoms with E-state index in [1.165, 1.54) is 31.4 Å². The fourth-order valence-electron chi connectivity index (χ4n) is 3.84. The van der Waals surface area contributed by atoms with Crippen LogP contribution in [0.3, 0.4) is 0 Å². The maximum atomic E-state index is 14.2. The van der Waals surface area contributed by atoms with Gasteiger partial charge in [0.1, 0.15) is 5.82 Å². The minimum Gasteiger partial charge on any atom is -0.494 e. The third kappa shape index (κ3) is 4.59. The molecule has 1 unspecified atom stereocenters. The highest BCUT2D eigenvalue weighted by Gasteiger charge is 2.34. The van der Waals surface area contributed by atoms with E-state index in [1.54, 1.807) is 12.1 Å². The molecule has 0 fully saturated rings. The van der Waals surface area contributed by atoms with Crippen molar-refractivity contribution >= 4 is 22.9 Å². The van der Waals surface area contributed by atoms with E-state index in [-0.39, 0.29) is 23.3 Å². The predicted octanol–water partition coefficient (Wildman–Crippen LogP) is 5.34. The van der Waals surface area contributed by atoms with Crippen molar-refractivity contribution in [2.24, 2.45) is 5.92 Å². The van der Waals surface area contributed by atoms with Crippen molar-refractivity contribution < 1.29 is 18.0 Å². The zero-order valence-corrected chi connectivity index (χ0v) is 19.5. The summed E-state index contributed by atoms with van der Waals surface area (Å²) in [4.78, 5) is 6.52. The van der Waals surface area contributed by atoms with Gasteiger partial charge in [-0.2, -0.15) is 4.98 Å². The van der Waals surface area contributed by atoms with E-state index in [2.05, 4.69) is 29.3 Å². The molecule has 1 aromatic heterocycles. The van der Waals surface area contributed by atoms with Crippen LogP contribution in [0.4, 0.5) is 8.78 Å². The van der Waals surface area contributed by atoms with Gasteiger partial charge in [0.15, 0.2) is 16.7 Å². The number of allylic oxidation sites excluding steroid dienone is 1. The number of ether oxygens (including phenoxy) is 1. The van der Waals surface area contributed by atoms with Gasteiger partial charge in [-0.25, -0.2) is 8.78 Å². The van der Waals surface area contributed by atoms with Crippen LogP contribution in [-0.2, 0) is 0 Å². The first kappa shape index (κ1) is 22.8. The van der Waals surface area contributed by atoms with Gasteiger partial charge in [0.05, 0.1) is 18.7 Å². The number of hydrogen-bond acceptors (Lipinski definition) is 5. The quantitative estimate of drug-likeness (QED) is 0.488. The van der Waals surface area contributed by atoms with Gasteiger partial charge < -0.3 is 19.5 Å². The Balaban J connectivity index is 1.81. The average molecular weight is 471 g/mol. The van der Waals surface area contributed by atoms with Crippen LogP contribution in [0, 0.1) is 17.6 Å². The number of halogens is 2. The van der Waals surface area contributed by atoms with Crippen LogP contribution < -0.4 is 10.1 Å². The number of aromatic nitrogens is 2. The molecule has 0 saturated heterocycles. The number of hydrogen-bond donors (Lipinski definition) is 1. The highest BCUT2D eigenvalue weighted by molar-refractivity contribution is 7.80. The molecule has 33 heavy (non-hydrogen) atoms. The zero-order chi connectivity index (χ0) is 23.7. The molecule has 3 aromatic rings. The van der Waals surface area contributed by atoms with E-state index in [0.29, 0.717) is 34.3 Å². The molecule has 0 radical (unpaired) electrons. The Labute approximate surface area is 196 Å². The Bertz CT molecular complexity index is 1220. The molecule has 1 aliphatic rings. The Morgan fingerprint density at radius 1 is 1.21 bits per heavy atom. The monoisotopic (exact) mass is 470 g/mol. The first-order chi connectivity index (χ1) is 15.8. The summed E-state index contributed by atoms with van der Waals surface area (Å²) in [6, 6.07) is 10.2. The lowest BCUT2D eigenvalue weighted by Gasteiger charge is -2.38. The Morgan fingerprint density at radius 2 is 2.00 bits per heavy atom. The van der Waals surface area contributed by atoms with E-state index in [9.17, 15) is 8.78 Å². The van der Waals surface area contributed by atoms with E-state index in [4.69, 9.17) is 21.5 Å². The molecule has 1 N–H and O–H groups in total. The first-order valence-corrected chi connectivity index (χ1v) is 10.9. The molecule has 172 valence electrons. The molecule has 2 aromatic carbocycles. The topological polar surface area (TPSA) is 63.4 Å². The Hall–Kier alpha value is -3.33. The second-order valence-electron chi connectivity index (χ2n) is 8.21. The molecular weight excluding hydrogens is 446 g/mol. The zero-order valence-electron chi connectivity index (χ0n) is 18.7. The Kier molecular flexibility index (Phi) is 6.42. The van der Waals surface area contributed by atoms with E-state index < -0.39 is 11.9 Å². The molecule has 6 nitrogen and oxygen atoms in total. The van der Waals surface area contributed by atoms with E-state index >= 15 is 0 Å². The molecule has 0 saturated carbocycles. The number of benzene rings is 2. The third-order valence-electron chi connectivity index (χ3n) is 5.39. The second-order valence-corrected chi connectivity index (χ2v) is 8.60. The van der Waals surface area contributed by atoms with Crippen molar-refractivity contribution in [3.8, 4) is 17.1 Å². The van der Waals surface area contributed by atoms with Crippen molar-refractivity contribution in [1.82, 2.24) is 20.4 Å². The summed E-state index contributed by atoms with van der Waals surface area (Å²) in [5.74, 6) is 0.0581. The third-order valence-corrected chi connectivity index (χ3v) is 5.73. The molecule has 9 heteroatoms. The fraction of sp³-hybridized carbons (Fsp3) is 0.292. The average Bonchev–Trinajstić information content (AvgIpc) is 3.25. The number of nitrogens with one attached hydrogen (secondary N) is 1. The summed E-state index contributed by atoms with van der Waals surface area (Å²) < 4.78 is 38.8. The lowest BCUT2D eigenvalue weighted by atomic mass is 9.94. The lowest BCUT2D eigenvalue weighted by molar-refractivity contribution is 0.385. The summed E-state index contributed by atoms with van der Waals surface area (Å²) >= 11 is 5.62. The number of methoxy groups -OCH3 is 1. The highest BCUT2D eigenvalue weighted by atomic mass is 32.1. The SMILES string of the molecule is COc1ccc(-c2noc(C3=C(C)N(CC(C)C)C(=S)NC3c3cccc(F)c3)n2)cc1F. The standard InChI is InChI=1S/C24H24F2N4O2S/c1-13(2)12-30-14(3)20(21(27-24(30)33)15-6-5-7-17(25)10-15)23-28-22(29-32-23)16-8-9-19(31-4)18(26)11-16/h5-11,13,21H,12H2,1-4H3,(H,27,33). The van der Waals surface area contributed by atoms with Crippen molar-refractivity contribution in [2.75, 3.05) is 13.7 Å². The van der Waals surface area contributed by atoms with E-state index in [0.717, 1.165) is 5.70 Å². The fourth-order valence-corrected chi connectivity index (χ4v) is 4.16. The normalized spacial score (nSPS) is 16.4. The van der Waals surface area contributed by atoms with E-state index in [1.807, 2.05) is 17.9 Å². The molecule has 1 aliphatic heterocycles. The number of rotatable bonds is 6.